The summed E-state index contributed by atoms with van der Waals surface area (Å²) in [6, 6.07) is 0. The van der Waals surface area contributed by atoms with E-state index in [1.165, 1.54) is 0 Å². The van der Waals surface area contributed by atoms with E-state index in [2.05, 4.69) is 0 Å². The van der Waals surface area contributed by atoms with Crippen molar-refractivity contribution in [2.75, 3.05) is 5.75 Å². The van der Waals surface area contributed by atoms with Gasteiger partial charge in [0.05, 0.1) is 11.9 Å². The van der Waals surface area contributed by atoms with Gasteiger partial charge in [0.25, 0.3) is 20.2 Å². The molecule has 4 N–H and O–H groups in total. The Morgan fingerprint density at radius 3 is 1.80 bits per heavy atom. The Hall–Kier alpha value is -0.260. The molecule has 0 heterocycles. The van der Waals surface area contributed by atoms with E-state index in [0.717, 1.165) is 0 Å². The van der Waals surface area contributed by atoms with Gasteiger partial charge in [-0.25, -0.2) is 0 Å². The molecule has 92 valence electrons. The quantitative estimate of drug-likeness (QED) is 0.411. The lowest BCUT2D eigenvalue weighted by Crippen LogP contribution is -2.33. The number of rotatable bonds is 6. The summed E-state index contributed by atoms with van der Waals surface area (Å²) >= 11 is 0. The van der Waals surface area contributed by atoms with Crippen LogP contribution in [0.25, 0.3) is 0 Å². The Morgan fingerprint density at radius 2 is 1.47 bits per heavy atom. The minimum Gasteiger partial charge on any atom is -0.389 e. The first-order chi connectivity index (χ1) is 6.54. The van der Waals surface area contributed by atoms with Crippen LogP contribution >= 0.6 is 0 Å². The number of aliphatic hydroxyl groups is 2. The third-order valence-corrected chi connectivity index (χ3v) is 3.27. The molecule has 0 spiro atoms. The molecule has 0 aromatic rings. The minimum atomic E-state index is -4.77. The number of hydrogen-bond acceptors (Lipinski definition) is 6. The van der Waals surface area contributed by atoms with Crippen LogP contribution in [0, 0.1) is 0 Å². The zero-order chi connectivity index (χ0) is 12.3. The second kappa shape index (κ2) is 5.18. The fourth-order valence-corrected chi connectivity index (χ4v) is 1.88. The van der Waals surface area contributed by atoms with E-state index >= 15 is 0 Å². The van der Waals surface area contributed by atoms with Gasteiger partial charge in [-0.1, -0.05) is 0 Å². The van der Waals surface area contributed by atoms with E-state index in [4.69, 9.17) is 19.3 Å². The van der Waals surface area contributed by atoms with Crippen molar-refractivity contribution in [2.45, 2.75) is 24.4 Å². The maximum atomic E-state index is 10.3. The van der Waals surface area contributed by atoms with Crippen molar-refractivity contribution in [3.63, 3.8) is 0 Å². The molecule has 0 amide bonds. The van der Waals surface area contributed by atoms with Gasteiger partial charge in [0.15, 0.2) is 0 Å². The maximum Gasteiger partial charge on any atom is 0.294 e. The minimum absolute atomic E-state index is 0.243. The van der Waals surface area contributed by atoms with Crippen LogP contribution in [-0.4, -0.2) is 53.4 Å². The Balaban J connectivity index is 4.12. The molecule has 2 unspecified atom stereocenters. The van der Waals surface area contributed by atoms with Gasteiger partial charge in [0, 0.05) is 0 Å². The van der Waals surface area contributed by atoms with E-state index in [0.29, 0.717) is 0 Å². The Kier molecular flexibility index (Phi) is 5.09. The molecule has 8 nitrogen and oxygen atoms in total. The summed E-state index contributed by atoms with van der Waals surface area (Å²) in [6.45, 7) is 0. The molecular weight excluding hydrogens is 252 g/mol. The van der Waals surface area contributed by atoms with E-state index in [1.54, 1.807) is 0 Å². The lowest BCUT2D eigenvalue weighted by molar-refractivity contribution is 0.0561. The topological polar surface area (TPSA) is 149 Å². The third-order valence-electron chi connectivity index (χ3n) is 1.54. The van der Waals surface area contributed by atoms with Crippen molar-refractivity contribution in [3.8, 4) is 0 Å². The second-order valence-electron chi connectivity index (χ2n) is 2.90. The van der Waals surface area contributed by atoms with Crippen molar-refractivity contribution >= 4 is 20.2 Å². The van der Waals surface area contributed by atoms with E-state index in [-0.39, 0.29) is 12.8 Å². The van der Waals surface area contributed by atoms with Gasteiger partial charge in [-0.05, 0) is 12.8 Å². The van der Waals surface area contributed by atoms with Crippen molar-refractivity contribution in [1.29, 1.82) is 0 Å². The molecule has 0 aliphatic carbocycles. The number of aliphatic hydroxyl groups excluding tert-OH is 2. The molecule has 0 bridgehead atoms. The molecule has 10 heteroatoms. The highest BCUT2D eigenvalue weighted by Crippen LogP contribution is 2.08. The fourth-order valence-electron chi connectivity index (χ4n) is 0.816. The molecule has 0 aliphatic rings. The molecule has 0 fully saturated rings. The Bertz CT molecular complexity index is 381. The first-order valence-corrected chi connectivity index (χ1v) is 6.93. The third kappa shape index (κ3) is 6.76. The van der Waals surface area contributed by atoms with E-state index < -0.39 is 37.5 Å². The summed E-state index contributed by atoms with van der Waals surface area (Å²) in [4.78, 5) is 0. The standard InChI is InChI=1S/C5H12O8S2/c6-4(5(7)15(11,12)13)2-1-3-14(8,9)10/h4-7H,1-3H2,(H,8,9,10)(H,11,12,13). The van der Waals surface area contributed by atoms with Crippen LogP contribution in [0.5, 0.6) is 0 Å². The molecule has 0 saturated carbocycles. The summed E-state index contributed by atoms with van der Waals surface area (Å²) in [6.07, 6.45) is -2.44. The van der Waals surface area contributed by atoms with Gasteiger partial charge in [-0.3, -0.25) is 9.11 Å². The summed E-state index contributed by atoms with van der Waals surface area (Å²) in [5.74, 6) is -0.664. The molecule has 0 aliphatic heterocycles. The highest BCUT2D eigenvalue weighted by atomic mass is 32.2. The van der Waals surface area contributed by atoms with Gasteiger partial charge in [-0.15, -0.1) is 0 Å². The van der Waals surface area contributed by atoms with Crippen LogP contribution in [0.3, 0.4) is 0 Å². The predicted octanol–water partition coefficient (Wildman–Crippen LogP) is -1.78. The zero-order valence-electron chi connectivity index (χ0n) is 7.51. The molecule has 15 heavy (non-hydrogen) atoms. The molecule has 0 aromatic heterocycles. The highest BCUT2D eigenvalue weighted by Gasteiger charge is 2.28. The smallest absolute Gasteiger partial charge is 0.294 e. The van der Waals surface area contributed by atoms with Gasteiger partial charge in [0.2, 0.25) is 5.44 Å². The average Bonchev–Trinajstić information content (AvgIpc) is 1.98. The lowest BCUT2D eigenvalue weighted by atomic mass is 10.2. The zero-order valence-corrected chi connectivity index (χ0v) is 9.15. The molecule has 0 radical (unpaired) electrons. The fraction of sp³-hybridized carbons (Fsp3) is 1.00. The Morgan fingerprint density at radius 1 is 1.00 bits per heavy atom. The average molecular weight is 264 g/mol. The first-order valence-electron chi connectivity index (χ1n) is 3.81. The van der Waals surface area contributed by atoms with Gasteiger partial charge in [-0.2, -0.15) is 16.8 Å². The van der Waals surface area contributed by atoms with Gasteiger partial charge < -0.3 is 10.2 Å². The van der Waals surface area contributed by atoms with Crippen LogP contribution in [0.2, 0.25) is 0 Å². The van der Waals surface area contributed by atoms with E-state index in [9.17, 15) is 16.8 Å². The normalized spacial score (nSPS) is 17.3. The van der Waals surface area contributed by atoms with Gasteiger partial charge in [0.1, 0.15) is 0 Å². The van der Waals surface area contributed by atoms with Crippen molar-refractivity contribution in [2.24, 2.45) is 0 Å². The predicted molar refractivity (Wildman–Crippen MR) is 49.2 cm³/mol. The second-order valence-corrected chi connectivity index (χ2v) is 5.99. The first kappa shape index (κ1) is 14.7. The van der Waals surface area contributed by atoms with Crippen molar-refractivity contribution < 1.29 is 36.2 Å². The SMILES string of the molecule is O=S(=O)(O)CCCC(O)C(O)S(=O)(=O)O. The summed E-state index contributed by atoms with van der Waals surface area (Å²) in [7, 11) is -8.96. The summed E-state index contributed by atoms with van der Waals surface area (Å²) in [5.41, 5.74) is -2.38. The van der Waals surface area contributed by atoms with E-state index in [1.807, 2.05) is 0 Å². The number of hydrogen-bond donors (Lipinski definition) is 4. The Labute approximate surface area is 87.0 Å². The van der Waals surface area contributed by atoms with Crippen LogP contribution < -0.4 is 0 Å². The maximum absolute atomic E-state index is 10.3. The lowest BCUT2D eigenvalue weighted by Gasteiger charge is -2.14. The highest BCUT2D eigenvalue weighted by molar-refractivity contribution is 7.86. The largest absolute Gasteiger partial charge is 0.389 e. The van der Waals surface area contributed by atoms with Crippen LogP contribution in [-0.2, 0) is 20.2 Å². The summed E-state index contributed by atoms with van der Waals surface area (Å²) < 4.78 is 57.7. The summed E-state index contributed by atoms with van der Waals surface area (Å²) in [5, 5.41) is 17.8. The van der Waals surface area contributed by atoms with Crippen LogP contribution in [0.15, 0.2) is 0 Å². The monoisotopic (exact) mass is 264 g/mol. The van der Waals surface area contributed by atoms with Crippen molar-refractivity contribution in [3.05, 3.63) is 0 Å². The van der Waals surface area contributed by atoms with Crippen LogP contribution in [0.1, 0.15) is 12.8 Å². The molecule has 0 aromatic carbocycles. The molecular formula is C5H12O8S2. The molecule has 2 atom stereocenters. The molecule has 0 saturated heterocycles. The van der Waals surface area contributed by atoms with Crippen LogP contribution in [0.4, 0.5) is 0 Å². The molecule has 0 rings (SSSR count). The van der Waals surface area contributed by atoms with Crippen molar-refractivity contribution in [1.82, 2.24) is 0 Å². The van der Waals surface area contributed by atoms with Gasteiger partial charge >= 0.3 is 0 Å².